The summed E-state index contributed by atoms with van der Waals surface area (Å²) in [6.07, 6.45) is 1.71. The Kier molecular flexibility index (Phi) is 5.35. The second-order valence-corrected chi connectivity index (χ2v) is 6.80. The third-order valence-electron chi connectivity index (χ3n) is 4.98. The quantitative estimate of drug-likeness (QED) is 0.687. The monoisotopic (exact) mass is 401 g/mol. The van der Waals surface area contributed by atoms with E-state index in [1.54, 1.807) is 24.3 Å². The van der Waals surface area contributed by atoms with Crippen molar-refractivity contribution < 1.29 is 23.0 Å². The lowest BCUT2D eigenvalue weighted by Gasteiger charge is -2.29. The highest BCUT2D eigenvalue weighted by Gasteiger charge is 2.20. The molecule has 4 rings (SSSR count). The Morgan fingerprint density at radius 2 is 2.03 bits per heavy atom. The highest BCUT2D eigenvalue weighted by molar-refractivity contribution is 5.97. The van der Waals surface area contributed by atoms with E-state index in [9.17, 15) is 13.6 Å². The number of benzene rings is 2. The van der Waals surface area contributed by atoms with E-state index in [1.165, 1.54) is 0 Å². The van der Waals surface area contributed by atoms with Crippen LogP contribution in [0.3, 0.4) is 0 Å². The van der Waals surface area contributed by atoms with Crippen LogP contribution in [0.1, 0.15) is 5.56 Å². The lowest BCUT2D eigenvalue weighted by molar-refractivity contribution is -0.115. The number of hydrogen-bond acceptors (Lipinski definition) is 4. The van der Waals surface area contributed by atoms with Crippen LogP contribution in [0.5, 0.6) is 5.75 Å². The lowest BCUT2D eigenvalue weighted by atomic mass is 10.1. The largest absolute Gasteiger partial charge is 0.496 e. The van der Waals surface area contributed by atoms with Crippen molar-refractivity contribution in [3.8, 4) is 5.75 Å². The fourth-order valence-electron chi connectivity index (χ4n) is 3.58. The van der Waals surface area contributed by atoms with E-state index < -0.39 is 17.5 Å². The minimum Gasteiger partial charge on any atom is -0.496 e. The van der Waals surface area contributed by atoms with E-state index in [0.717, 1.165) is 23.0 Å². The molecule has 1 saturated heterocycles. The molecule has 8 heteroatoms. The highest BCUT2D eigenvalue weighted by Crippen LogP contribution is 2.30. The Hall–Kier alpha value is -3.13. The number of carbonyl (C=O) groups excluding carboxylic acids is 1. The van der Waals surface area contributed by atoms with Crippen molar-refractivity contribution in [2.75, 3.05) is 43.6 Å². The average Bonchev–Trinajstić information content (AvgIpc) is 3.14. The van der Waals surface area contributed by atoms with Crippen LogP contribution in [-0.4, -0.2) is 44.3 Å². The van der Waals surface area contributed by atoms with Gasteiger partial charge in [-0.1, -0.05) is 6.07 Å². The molecule has 152 valence electrons. The van der Waals surface area contributed by atoms with Gasteiger partial charge in [0.1, 0.15) is 17.4 Å². The molecule has 3 aromatic rings. The molecule has 1 aromatic heterocycles. The normalized spacial score (nSPS) is 14.2. The molecule has 2 N–H and O–H groups in total. The maximum absolute atomic E-state index is 14.5. The molecule has 0 saturated carbocycles. The SMILES string of the molecule is COc1cccc2[nH]cc(CC(=O)Nc3cc(F)c(N4CCOCC4)cc3F)c12. The van der Waals surface area contributed by atoms with Crippen LogP contribution in [0.25, 0.3) is 10.9 Å². The maximum Gasteiger partial charge on any atom is 0.228 e. The summed E-state index contributed by atoms with van der Waals surface area (Å²) in [5.74, 6) is -1.08. The molecular weight excluding hydrogens is 380 g/mol. The van der Waals surface area contributed by atoms with Gasteiger partial charge in [-0.15, -0.1) is 0 Å². The van der Waals surface area contributed by atoms with Crippen LogP contribution < -0.4 is 15.0 Å². The van der Waals surface area contributed by atoms with Gasteiger partial charge < -0.3 is 24.7 Å². The van der Waals surface area contributed by atoms with Crippen molar-refractivity contribution in [2.24, 2.45) is 0 Å². The topological polar surface area (TPSA) is 66.6 Å². The smallest absolute Gasteiger partial charge is 0.228 e. The lowest BCUT2D eigenvalue weighted by Crippen LogP contribution is -2.36. The van der Waals surface area contributed by atoms with Crippen molar-refractivity contribution in [3.63, 3.8) is 0 Å². The van der Waals surface area contributed by atoms with Crippen LogP contribution in [0.2, 0.25) is 0 Å². The minimum atomic E-state index is -0.683. The fraction of sp³-hybridized carbons (Fsp3) is 0.286. The summed E-state index contributed by atoms with van der Waals surface area (Å²) in [6, 6.07) is 7.66. The number of carbonyl (C=O) groups is 1. The zero-order chi connectivity index (χ0) is 20.4. The van der Waals surface area contributed by atoms with Gasteiger partial charge in [-0.2, -0.15) is 0 Å². The zero-order valence-electron chi connectivity index (χ0n) is 15.9. The molecule has 0 unspecified atom stereocenters. The van der Waals surface area contributed by atoms with E-state index in [1.807, 2.05) is 12.1 Å². The number of aromatic amines is 1. The number of halogens is 2. The summed E-state index contributed by atoms with van der Waals surface area (Å²) < 4.78 is 39.7. The molecule has 2 heterocycles. The Labute approximate surface area is 166 Å². The van der Waals surface area contributed by atoms with Crippen molar-refractivity contribution in [3.05, 3.63) is 53.7 Å². The molecule has 2 aromatic carbocycles. The molecule has 1 amide bonds. The molecule has 0 aliphatic carbocycles. The van der Waals surface area contributed by atoms with Crippen molar-refractivity contribution in [2.45, 2.75) is 6.42 Å². The molecule has 0 radical (unpaired) electrons. The molecule has 0 atom stereocenters. The number of nitrogens with zero attached hydrogens (tertiary/aromatic N) is 1. The third kappa shape index (κ3) is 3.88. The number of rotatable bonds is 5. The van der Waals surface area contributed by atoms with Crippen molar-refractivity contribution in [1.82, 2.24) is 4.98 Å². The van der Waals surface area contributed by atoms with E-state index in [4.69, 9.17) is 9.47 Å². The fourth-order valence-corrected chi connectivity index (χ4v) is 3.58. The highest BCUT2D eigenvalue weighted by atomic mass is 19.1. The molecule has 29 heavy (non-hydrogen) atoms. The van der Waals surface area contributed by atoms with Gasteiger partial charge in [-0.05, 0) is 17.7 Å². The summed E-state index contributed by atoms with van der Waals surface area (Å²) in [5.41, 5.74) is 1.53. The number of H-pyrrole nitrogens is 1. The zero-order valence-corrected chi connectivity index (χ0v) is 15.9. The molecule has 1 aliphatic heterocycles. The van der Waals surface area contributed by atoms with Gasteiger partial charge in [0.05, 0.1) is 38.1 Å². The summed E-state index contributed by atoms with van der Waals surface area (Å²) >= 11 is 0. The van der Waals surface area contributed by atoms with E-state index in [-0.39, 0.29) is 17.8 Å². The first kappa shape index (κ1) is 19.2. The van der Waals surface area contributed by atoms with Crippen LogP contribution in [-0.2, 0) is 16.0 Å². The van der Waals surface area contributed by atoms with Gasteiger partial charge in [0.15, 0.2) is 0 Å². The molecular formula is C21H21F2N3O3. The number of morpholine rings is 1. The van der Waals surface area contributed by atoms with Crippen molar-refractivity contribution >= 4 is 28.2 Å². The van der Waals surface area contributed by atoms with Crippen LogP contribution in [0.4, 0.5) is 20.2 Å². The number of amides is 1. The summed E-state index contributed by atoms with van der Waals surface area (Å²) in [4.78, 5) is 17.3. The predicted octanol–water partition coefficient (Wildman–Crippen LogP) is 3.47. The van der Waals surface area contributed by atoms with Gasteiger partial charge in [0.25, 0.3) is 0 Å². The van der Waals surface area contributed by atoms with Gasteiger partial charge in [-0.25, -0.2) is 8.78 Å². The molecule has 6 nitrogen and oxygen atoms in total. The second-order valence-electron chi connectivity index (χ2n) is 6.80. The van der Waals surface area contributed by atoms with E-state index >= 15 is 0 Å². The second kappa shape index (κ2) is 8.08. The van der Waals surface area contributed by atoms with Gasteiger partial charge in [0, 0.05) is 42.3 Å². The minimum absolute atomic E-state index is 0.00729. The van der Waals surface area contributed by atoms with Gasteiger partial charge >= 0.3 is 0 Å². The number of ether oxygens (including phenoxy) is 2. The number of aromatic nitrogens is 1. The van der Waals surface area contributed by atoms with Crippen LogP contribution >= 0.6 is 0 Å². The molecule has 1 aliphatic rings. The average molecular weight is 401 g/mol. The Morgan fingerprint density at radius 1 is 1.24 bits per heavy atom. The van der Waals surface area contributed by atoms with E-state index in [0.29, 0.717) is 37.6 Å². The summed E-state index contributed by atoms with van der Waals surface area (Å²) in [5, 5.41) is 3.26. The number of nitrogens with one attached hydrogen (secondary N) is 2. The number of fused-ring (bicyclic) bond motifs is 1. The Balaban J connectivity index is 1.52. The van der Waals surface area contributed by atoms with Gasteiger partial charge in [-0.3, -0.25) is 4.79 Å². The standard InChI is InChI=1S/C21H21F2N3O3/c1-28-19-4-2-3-16-21(19)13(12-24-16)9-20(27)25-17-10-15(23)18(11-14(17)22)26-5-7-29-8-6-26/h2-4,10-12,24H,5-9H2,1H3,(H,25,27). The first-order valence-electron chi connectivity index (χ1n) is 9.31. The molecule has 0 bridgehead atoms. The number of methoxy groups -OCH3 is 1. The number of anilines is 2. The van der Waals surface area contributed by atoms with E-state index in [2.05, 4.69) is 10.3 Å². The maximum atomic E-state index is 14.5. The molecule has 1 fully saturated rings. The Bertz CT molecular complexity index is 1050. The molecule has 0 spiro atoms. The first-order chi connectivity index (χ1) is 14.1. The predicted molar refractivity (Wildman–Crippen MR) is 107 cm³/mol. The van der Waals surface area contributed by atoms with Crippen LogP contribution in [0.15, 0.2) is 36.5 Å². The third-order valence-corrected chi connectivity index (χ3v) is 4.98. The van der Waals surface area contributed by atoms with Crippen molar-refractivity contribution in [1.29, 1.82) is 0 Å². The van der Waals surface area contributed by atoms with Gasteiger partial charge in [0.2, 0.25) is 5.91 Å². The summed E-state index contributed by atoms with van der Waals surface area (Å²) in [6.45, 7) is 1.91. The van der Waals surface area contributed by atoms with Crippen LogP contribution in [0, 0.1) is 11.6 Å². The first-order valence-corrected chi connectivity index (χ1v) is 9.31. The number of hydrogen-bond donors (Lipinski definition) is 2. The Morgan fingerprint density at radius 3 is 2.79 bits per heavy atom. The summed E-state index contributed by atoms with van der Waals surface area (Å²) in [7, 11) is 1.56.